The van der Waals surface area contributed by atoms with Gasteiger partial charge < -0.3 is 10.6 Å². The van der Waals surface area contributed by atoms with E-state index in [9.17, 15) is 9.59 Å². The number of rotatable bonds is 8. The molecule has 0 aromatic carbocycles. The van der Waals surface area contributed by atoms with E-state index in [1.54, 1.807) is 30.4 Å². The predicted octanol–water partition coefficient (Wildman–Crippen LogP) is 4.25. The Morgan fingerprint density at radius 2 is 1.96 bits per heavy atom. The Labute approximate surface area is 173 Å². The Morgan fingerprint density at radius 3 is 2.54 bits per heavy atom. The lowest BCUT2D eigenvalue weighted by Crippen LogP contribution is -2.23. The average molecular weight is 489 g/mol. The maximum Gasteiger partial charge on any atom is 0.269 e. The first-order chi connectivity index (χ1) is 12.4. The summed E-state index contributed by atoms with van der Waals surface area (Å²) in [7, 11) is 0. The molecule has 0 aliphatic carbocycles. The van der Waals surface area contributed by atoms with Crippen LogP contribution in [0.4, 0.5) is 0 Å². The van der Waals surface area contributed by atoms with Crippen molar-refractivity contribution in [1.29, 1.82) is 0 Å². The fourth-order valence-corrected chi connectivity index (χ4v) is 2.16. The van der Waals surface area contributed by atoms with Crippen LogP contribution in [-0.4, -0.2) is 35.2 Å². The van der Waals surface area contributed by atoms with Gasteiger partial charge in [0.05, 0.1) is 0 Å². The van der Waals surface area contributed by atoms with Gasteiger partial charge in [0, 0.05) is 24.5 Å². The van der Waals surface area contributed by atoms with Gasteiger partial charge in [0.25, 0.3) is 5.91 Å². The van der Waals surface area contributed by atoms with Crippen molar-refractivity contribution >= 4 is 43.7 Å². The predicted molar refractivity (Wildman–Crippen MR) is 114 cm³/mol. The van der Waals surface area contributed by atoms with Crippen LogP contribution in [-0.2, 0) is 4.79 Å². The summed E-state index contributed by atoms with van der Waals surface area (Å²) >= 11 is 6.44. The molecule has 0 aliphatic rings. The maximum absolute atomic E-state index is 11.2. The minimum atomic E-state index is -0.140. The molecule has 1 aromatic rings. The van der Waals surface area contributed by atoms with Crippen LogP contribution >= 0.6 is 31.9 Å². The number of nitrogens with one attached hydrogen (secondary N) is 2. The lowest BCUT2D eigenvalue weighted by atomic mass is 10.1. The summed E-state index contributed by atoms with van der Waals surface area (Å²) in [6, 6.07) is 5.24. The summed E-state index contributed by atoms with van der Waals surface area (Å²) in [6.45, 7) is 7.52. The van der Waals surface area contributed by atoms with Crippen molar-refractivity contribution in [2.24, 2.45) is 5.92 Å². The Kier molecular flexibility index (Phi) is 14.9. The minimum Gasteiger partial charge on any atom is -0.353 e. The standard InChI is InChI=1S/C11H18BrNO.C8H9BrN2O/c1-10(2)7-9-13-11(14)6-4-3-5-8-12;1-2-10-8(12)6-4-3-5-7(9)11-6/h3-6,10H,7-9H2,1-2H3,(H,13,14);3-5H,2H2,1H3,(H,10,12)/b5-3-,6-4+;. The van der Waals surface area contributed by atoms with E-state index in [2.05, 4.69) is 61.3 Å². The first kappa shape index (κ1) is 24.5. The molecule has 0 aliphatic heterocycles. The summed E-state index contributed by atoms with van der Waals surface area (Å²) in [5.41, 5.74) is 0.436. The lowest BCUT2D eigenvalue weighted by molar-refractivity contribution is -0.116. The average Bonchev–Trinajstić information content (AvgIpc) is 2.59. The topological polar surface area (TPSA) is 71.1 Å². The van der Waals surface area contributed by atoms with Crippen molar-refractivity contribution in [3.05, 3.63) is 52.8 Å². The highest BCUT2D eigenvalue weighted by atomic mass is 79.9. The SMILES string of the molecule is CC(C)CCNC(=O)/C=C/C=C\CBr.CCNC(=O)c1cccc(Br)n1. The van der Waals surface area contributed by atoms with E-state index < -0.39 is 0 Å². The fraction of sp³-hybridized carbons (Fsp3) is 0.421. The molecule has 7 heteroatoms. The normalized spacial score (nSPS) is 10.7. The molecule has 26 heavy (non-hydrogen) atoms. The van der Waals surface area contributed by atoms with E-state index in [1.807, 2.05) is 19.1 Å². The molecule has 5 nitrogen and oxygen atoms in total. The molecule has 1 aromatic heterocycles. The van der Waals surface area contributed by atoms with Crippen LogP contribution in [0, 0.1) is 5.92 Å². The number of carbonyl (C=O) groups excluding carboxylic acids is 2. The zero-order valence-corrected chi connectivity index (χ0v) is 18.6. The Hall–Kier alpha value is -1.47. The number of carbonyl (C=O) groups is 2. The van der Waals surface area contributed by atoms with Gasteiger partial charge in [-0.05, 0) is 47.3 Å². The highest BCUT2D eigenvalue weighted by Gasteiger charge is 2.04. The number of nitrogens with zero attached hydrogens (tertiary/aromatic N) is 1. The van der Waals surface area contributed by atoms with Crippen molar-refractivity contribution in [1.82, 2.24) is 15.6 Å². The molecule has 0 atom stereocenters. The highest BCUT2D eigenvalue weighted by molar-refractivity contribution is 9.10. The van der Waals surface area contributed by atoms with Crippen LogP contribution in [0.3, 0.4) is 0 Å². The summed E-state index contributed by atoms with van der Waals surface area (Å²) in [5.74, 6) is 0.469. The van der Waals surface area contributed by atoms with Crippen LogP contribution in [0.2, 0.25) is 0 Å². The molecule has 0 bridgehead atoms. The van der Waals surface area contributed by atoms with Crippen LogP contribution in [0.1, 0.15) is 37.7 Å². The second kappa shape index (κ2) is 15.8. The maximum atomic E-state index is 11.2. The van der Waals surface area contributed by atoms with E-state index in [4.69, 9.17) is 0 Å². The first-order valence-electron chi connectivity index (χ1n) is 8.48. The number of aromatic nitrogens is 1. The number of hydrogen-bond donors (Lipinski definition) is 2. The van der Waals surface area contributed by atoms with Crippen molar-refractivity contribution in [3.63, 3.8) is 0 Å². The molecule has 0 spiro atoms. The number of pyridine rings is 1. The summed E-state index contributed by atoms with van der Waals surface area (Å²) in [4.78, 5) is 26.3. The Morgan fingerprint density at radius 1 is 1.23 bits per heavy atom. The van der Waals surface area contributed by atoms with Gasteiger partial charge in [-0.3, -0.25) is 9.59 Å². The molecule has 144 valence electrons. The largest absolute Gasteiger partial charge is 0.353 e. The van der Waals surface area contributed by atoms with Gasteiger partial charge in [0.2, 0.25) is 5.91 Å². The van der Waals surface area contributed by atoms with E-state index in [0.29, 0.717) is 22.8 Å². The van der Waals surface area contributed by atoms with Crippen LogP contribution < -0.4 is 10.6 Å². The summed E-state index contributed by atoms with van der Waals surface area (Å²) in [6.07, 6.45) is 8.08. The molecule has 2 N–H and O–H groups in total. The molecule has 0 unspecified atom stereocenters. The molecular weight excluding hydrogens is 462 g/mol. The zero-order valence-electron chi connectivity index (χ0n) is 15.5. The molecule has 0 radical (unpaired) electrons. The fourth-order valence-electron chi connectivity index (χ4n) is 1.60. The van der Waals surface area contributed by atoms with E-state index in [0.717, 1.165) is 18.3 Å². The third-order valence-corrected chi connectivity index (χ3v) is 3.71. The van der Waals surface area contributed by atoms with Crippen molar-refractivity contribution in [2.45, 2.75) is 27.2 Å². The number of hydrogen-bond acceptors (Lipinski definition) is 3. The smallest absolute Gasteiger partial charge is 0.269 e. The minimum absolute atomic E-state index is 0.0233. The van der Waals surface area contributed by atoms with Crippen molar-refractivity contribution in [2.75, 3.05) is 18.4 Å². The Balaban J connectivity index is 0.000000485. The lowest BCUT2D eigenvalue weighted by Gasteiger charge is -2.03. The van der Waals surface area contributed by atoms with E-state index in [-0.39, 0.29) is 11.8 Å². The van der Waals surface area contributed by atoms with Gasteiger partial charge in [-0.2, -0.15) is 0 Å². The number of amides is 2. The quantitative estimate of drug-likeness (QED) is 0.248. The first-order valence-corrected chi connectivity index (χ1v) is 10.4. The van der Waals surface area contributed by atoms with E-state index in [1.165, 1.54) is 0 Å². The van der Waals surface area contributed by atoms with Gasteiger partial charge in [0.1, 0.15) is 10.3 Å². The van der Waals surface area contributed by atoms with Gasteiger partial charge in [0.15, 0.2) is 0 Å². The van der Waals surface area contributed by atoms with Gasteiger partial charge in [-0.25, -0.2) is 4.98 Å². The molecule has 0 saturated carbocycles. The van der Waals surface area contributed by atoms with Crippen molar-refractivity contribution in [3.8, 4) is 0 Å². The third kappa shape index (κ3) is 13.8. The van der Waals surface area contributed by atoms with Gasteiger partial charge in [-0.1, -0.05) is 54.1 Å². The van der Waals surface area contributed by atoms with Crippen LogP contribution in [0.25, 0.3) is 0 Å². The summed E-state index contributed by atoms with van der Waals surface area (Å²) in [5, 5.41) is 6.30. The number of alkyl halides is 1. The molecule has 0 saturated heterocycles. The Bertz CT molecular complexity index is 602. The second-order valence-electron chi connectivity index (χ2n) is 5.62. The molecule has 1 rings (SSSR count). The van der Waals surface area contributed by atoms with Crippen LogP contribution in [0.15, 0.2) is 47.1 Å². The molecular formula is C19H27Br2N3O2. The van der Waals surface area contributed by atoms with Gasteiger partial charge in [-0.15, -0.1) is 0 Å². The summed E-state index contributed by atoms with van der Waals surface area (Å²) < 4.78 is 0.672. The molecule has 2 amide bonds. The number of allylic oxidation sites excluding steroid dienone is 3. The van der Waals surface area contributed by atoms with Gasteiger partial charge >= 0.3 is 0 Å². The third-order valence-electron chi connectivity index (χ3n) is 2.89. The van der Waals surface area contributed by atoms with E-state index >= 15 is 0 Å². The number of halogens is 2. The molecule has 0 fully saturated rings. The zero-order chi connectivity index (χ0) is 19.8. The monoisotopic (exact) mass is 487 g/mol. The highest BCUT2D eigenvalue weighted by Crippen LogP contribution is 2.05. The molecule has 1 heterocycles. The second-order valence-corrected chi connectivity index (χ2v) is 7.08. The van der Waals surface area contributed by atoms with Crippen LogP contribution in [0.5, 0.6) is 0 Å². The van der Waals surface area contributed by atoms with Crippen molar-refractivity contribution < 1.29 is 9.59 Å².